The van der Waals surface area contributed by atoms with Gasteiger partial charge in [0.1, 0.15) is 0 Å². The van der Waals surface area contributed by atoms with Crippen molar-refractivity contribution in [3.05, 3.63) is 0 Å². The maximum absolute atomic E-state index is 5.01. The topological polar surface area (TPSA) is 21.3 Å². The Labute approximate surface area is 92.2 Å². The van der Waals surface area contributed by atoms with Crippen LogP contribution in [0.1, 0.15) is 25.7 Å². The van der Waals surface area contributed by atoms with Gasteiger partial charge in [-0.25, -0.2) is 0 Å². The molecule has 14 heavy (non-hydrogen) atoms. The Morgan fingerprint density at radius 2 is 2.29 bits per heavy atom. The first kappa shape index (κ1) is 12.3. The highest BCUT2D eigenvalue weighted by molar-refractivity contribution is 7.99. The summed E-state index contributed by atoms with van der Waals surface area (Å²) in [6.07, 6.45) is 5.21. The van der Waals surface area contributed by atoms with Crippen LogP contribution in [-0.2, 0) is 4.74 Å². The van der Waals surface area contributed by atoms with Crippen molar-refractivity contribution < 1.29 is 4.74 Å². The van der Waals surface area contributed by atoms with E-state index in [2.05, 4.69) is 17.1 Å². The molecular weight excluding hydrogens is 194 g/mol. The van der Waals surface area contributed by atoms with E-state index in [-0.39, 0.29) is 0 Å². The molecule has 0 aromatic heterocycles. The molecule has 3 heteroatoms. The van der Waals surface area contributed by atoms with E-state index in [9.17, 15) is 0 Å². The maximum Gasteiger partial charge on any atom is 0.0462 e. The van der Waals surface area contributed by atoms with Gasteiger partial charge in [-0.3, -0.25) is 0 Å². The molecule has 1 aliphatic rings. The summed E-state index contributed by atoms with van der Waals surface area (Å²) in [7, 11) is 1.77. The summed E-state index contributed by atoms with van der Waals surface area (Å²) in [6.45, 7) is 3.33. The molecule has 0 radical (unpaired) electrons. The van der Waals surface area contributed by atoms with Crippen molar-refractivity contribution in [3.8, 4) is 0 Å². The Hall–Kier alpha value is 0.270. The van der Waals surface area contributed by atoms with E-state index in [4.69, 9.17) is 4.74 Å². The van der Waals surface area contributed by atoms with Gasteiger partial charge in [0.05, 0.1) is 0 Å². The van der Waals surface area contributed by atoms with Crippen molar-refractivity contribution in [3.63, 3.8) is 0 Å². The fourth-order valence-corrected chi connectivity index (χ4v) is 3.01. The fourth-order valence-electron chi connectivity index (χ4n) is 1.72. The van der Waals surface area contributed by atoms with E-state index in [1.54, 1.807) is 7.11 Å². The van der Waals surface area contributed by atoms with Crippen molar-refractivity contribution in [2.75, 3.05) is 38.3 Å². The highest BCUT2D eigenvalue weighted by Crippen LogP contribution is 2.22. The second-order valence-electron chi connectivity index (χ2n) is 3.99. The number of rotatable bonds is 8. The van der Waals surface area contributed by atoms with E-state index < -0.39 is 0 Å². The molecular formula is C11H23NOS. The van der Waals surface area contributed by atoms with Crippen LogP contribution >= 0.6 is 11.8 Å². The summed E-state index contributed by atoms with van der Waals surface area (Å²) in [4.78, 5) is 0. The third kappa shape index (κ3) is 5.89. The summed E-state index contributed by atoms with van der Waals surface area (Å²) < 4.78 is 5.01. The quantitative estimate of drug-likeness (QED) is 0.630. The molecule has 84 valence electrons. The molecule has 1 heterocycles. The third-order valence-electron chi connectivity index (χ3n) is 2.66. The highest BCUT2D eigenvalue weighted by atomic mass is 32.2. The smallest absolute Gasteiger partial charge is 0.0462 e. The Morgan fingerprint density at radius 1 is 1.36 bits per heavy atom. The Balaban J connectivity index is 1.75. The molecule has 0 aromatic rings. The summed E-state index contributed by atoms with van der Waals surface area (Å²) in [5.74, 6) is 3.69. The van der Waals surface area contributed by atoms with Gasteiger partial charge in [-0.1, -0.05) is 0 Å². The number of thioether (sulfide) groups is 1. The lowest BCUT2D eigenvalue weighted by atomic mass is 10.1. The van der Waals surface area contributed by atoms with Gasteiger partial charge in [0.25, 0.3) is 0 Å². The van der Waals surface area contributed by atoms with Crippen molar-refractivity contribution >= 4 is 11.8 Å². The second kappa shape index (κ2) is 8.57. The van der Waals surface area contributed by atoms with Crippen molar-refractivity contribution in [2.45, 2.75) is 25.7 Å². The standard InChI is InChI=1S/C11H23NOS/c1-13-7-4-2-3-6-12-9-11-5-8-14-10-11/h11-12H,2-10H2,1H3. The van der Waals surface area contributed by atoms with Crippen LogP contribution in [-0.4, -0.2) is 38.3 Å². The monoisotopic (exact) mass is 217 g/mol. The van der Waals surface area contributed by atoms with E-state index in [1.807, 2.05) is 0 Å². The summed E-state index contributed by atoms with van der Waals surface area (Å²) >= 11 is 2.10. The lowest BCUT2D eigenvalue weighted by Gasteiger charge is -2.09. The number of hydrogen-bond acceptors (Lipinski definition) is 3. The van der Waals surface area contributed by atoms with Crippen LogP contribution in [0.15, 0.2) is 0 Å². The van der Waals surface area contributed by atoms with Crippen LogP contribution in [0, 0.1) is 5.92 Å². The van der Waals surface area contributed by atoms with Crippen LogP contribution in [0.5, 0.6) is 0 Å². The minimum Gasteiger partial charge on any atom is -0.385 e. The summed E-state index contributed by atoms with van der Waals surface area (Å²) in [6, 6.07) is 0. The van der Waals surface area contributed by atoms with Crippen LogP contribution in [0.3, 0.4) is 0 Å². The van der Waals surface area contributed by atoms with Gasteiger partial charge >= 0.3 is 0 Å². The molecule has 1 atom stereocenters. The van der Waals surface area contributed by atoms with E-state index in [0.717, 1.165) is 12.5 Å². The minimum atomic E-state index is 0.916. The molecule has 0 spiro atoms. The first-order chi connectivity index (χ1) is 6.93. The Kier molecular flexibility index (Phi) is 7.55. The van der Waals surface area contributed by atoms with Crippen molar-refractivity contribution in [1.82, 2.24) is 5.32 Å². The number of hydrogen-bond donors (Lipinski definition) is 1. The predicted octanol–water partition coefficient (Wildman–Crippen LogP) is 2.15. The van der Waals surface area contributed by atoms with Crippen molar-refractivity contribution in [2.24, 2.45) is 5.92 Å². The lowest BCUT2D eigenvalue weighted by Crippen LogP contribution is -2.23. The molecule has 1 fully saturated rings. The van der Waals surface area contributed by atoms with Gasteiger partial charge in [0.15, 0.2) is 0 Å². The number of unbranched alkanes of at least 4 members (excludes halogenated alkanes) is 2. The fraction of sp³-hybridized carbons (Fsp3) is 1.00. The molecule has 0 aromatic carbocycles. The molecule has 1 N–H and O–H groups in total. The van der Waals surface area contributed by atoms with Crippen LogP contribution in [0.4, 0.5) is 0 Å². The van der Waals surface area contributed by atoms with E-state index in [0.29, 0.717) is 0 Å². The van der Waals surface area contributed by atoms with Gasteiger partial charge in [0.2, 0.25) is 0 Å². The second-order valence-corrected chi connectivity index (χ2v) is 5.14. The number of methoxy groups -OCH3 is 1. The molecule has 1 saturated heterocycles. The predicted molar refractivity (Wildman–Crippen MR) is 64.0 cm³/mol. The highest BCUT2D eigenvalue weighted by Gasteiger charge is 2.13. The first-order valence-electron chi connectivity index (χ1n) is 5.71. The molecule has 0 saturated carbocycles. The van der Waals surface area contributed by atoms with Gasteiger partial charge in [-0.05, 0) is 56.2 Å². The maximum atomic E-state index is 5.01. The number of ether oxygens (including phenoxy) is 1. The SMILES string of the molecule is COCCCCCNCC1CCSC1. The van der Waals surface area contributed by atoms with Gasteiger partial charge in [-0.15, -0.1) is 0 Å². The van der Waals surface area contributed by atoms with Gasteiger partial charge < -0.3 is 10.1 Å². The van der Waals surface area contributed by atoms with Crippen LogP contribution in [0.25, 0.3) is 0 Å². The van der Waals surface area contributed by atoms with E-state index in [1.165, 1.54) is 50.3 Å². The summed E-state index contributed by atoms with van der Waals surface area (Å²) in [5, 5.41) is 3.55. The van der Waals surface area contributed by atoms with Gasteiger partial charge in [-0.2, -0.15) is 11.8 Å². The zero-order valence-corrected chi connectivity index (χ0v) is 10.1. The zero-order valence-electron chi connectivity index (χ0n) is 9.26. The average molecular weight is 217 g/mol. The molecule has 0 aliphatic carbocycles. The Morgan fingerprint density at radius 3 is 3.00 bits per heavy atom. The molecule has 0 amide bonds. The first-order valence-corrected chi connectivity index (χ1v) is 6.86. The van der Waals surface area contributed by atoms with Crippen molar-refractivity contribution in [1.29, 1.82) is 0 Å². The molecule has 1 unspecified atom stereocenters. The molecule has 0 bridgehead atoms. The minimum absolute atomic E-state index is 0.916. The molecule has 1 aliphatic heterocycles. The lowest BCUT2D eigenvalue weighted by molar-refractivity contribution is 0.192. The zero-order chi connectivity index (χ0) is 10.1. The third-order valence-corrected chi connectivity index (χ3v) is 3.89. The van der Waals surface area contributed by atoms with E-state index >= 15 is 0 Å². The summed E-state index contributed by atoms with van der Waals surface area (Å²) in [5.41, 5.74) is 0. The average Bonchev–Trinajstić information content (AvgIpc) is 2.69. The van der Waals surface area contributed by atoms with Gasteiger partial charge in [0, 0.05) is 13.7 Å². The largest absolute Gasteiger partial charge is 0.385 e. The molecule has 1 rings (SSSR count). The number of nitrogens with one attached hydrogen (secondary N) is 1. The van der Waals surface area contributed by atoms with Crippen LogP contribution in [0.2, 0.25) is 0 Å². The Bertz CT molecular complexity index is 126. The normalized spacial score (nSPS) is 21.6. The molecule has 2 nitrogen and oxygen atoms in total. The van der Waals surface area contributed by atoms with Crippen LogP contribution < -0.4 is 5.32 Å².